The van der Waals surface area contributed by atoms with Crippen LogP contribution in [0.1, 0.15) is 32.3 Å². The Hall–Kier alpha value is -1.45. The quantitative estimate of drug-likeness (QED) is 0.859. The van der Waals surface area contributed by atoms with Gasteiger partial charge in [0.1, 0.15) is 0 Å². The Balaban J connectivity index is 2.94. The minimum Gasteiger partial charge on any atom is -0.481 e. The van der Waals surface area contributed by atoms with Crippen LogP contribution in [-0.2, 0) is 11.2 Å². The van der Waals surface area contributed by atoms with Crippen molar-refractivity contribution >= 4 is 5.97 Å². The molecule has 1 rings (SSSR count). The summed E-state index contributed by atoms with van der Waals surface area (Å²) in [6.07, 6.45) is 1.43. The van der Waals surface area contributed by atoms with E-state index >= 15 is 0 Å². The van der Waals surface area contributed by atoms with Crippen LogP contribution in [0.3, 0.4) is 0 Å². The van der Waals surface area contributed by atoms with Crippen molar-refractivity contribution < 1.29 is 18.7 Å². The SMILES string of the molecule is CCCC(C)(Cc1ccc(F)c(F)c1)C(=O)O. The molecule has 0 aliphatic heterocycles. The lowest BCUT2D eigenvalue weighted by Gasteiger charge is -2.24. The molecule has 0 saturated carbocycles. The molecule has 0 radical (unpaired) electrons. The molecule has 0 saturated heterocycles. The molecule has 0 amide bonds. The highest BCUT2D eigenvalue weighted by Crippen LogP contribution is 2.29. The van der Waals surface area contributed by atoms with Gasteiger partial charge in [-0.25, -0.2) is 8.78 Å². The molecule has 0 aliphatic carbocycles. The summed E-state index contributed by atoms with van der Waals surface area (Å²) in [6.45, 7) is 3.52. The Bertz CT molecular complexity index is 418. The van der Waals surface area contributed by atoms with Gasteiger partial charge in [-0.3, -0.25) is 4.79 Å². The van der Waals surface area contributed by atoms with Gasteiger partial charge in [-0.15, -0.1) is 0 Å². The number of carbonyl (C=O) groups is 1. The number of hydrogen-bond acceptors (Lipinski definition) is 1. The predicted octanol–water partition coefficient (Wildman–Crippen LogP) is 3.40. The van der Waals surface area contributed by atoms with Crippen molar-refractivity contribution in [2.24, 2.45) is 5.41 Å². The normalized spacial score (nSPS) is 14.4. The Morgan fingerprint density at radius 2 is 2.00 bits per heavy atom. The molecule has 2 nitrogen and oxygen atoms in total. The van der Waals surface area contributed by atoms with E-state index in [1.165, 1.54) is 6.07 Å². The number of hydrogen-bond donors (Lipinski definition) is 1. The van der Waals surface area contributed by atoms with Crippen LogP contribution in [-0.4, -0.2) is 11.1 Å². The summed E-state index contributed by atoms with van der Waals surface area (Å²) in [6, 6.07) is 3.51. The van der Waals surface area contributed by atoms with Crippen molar-refractivity contribution in [1.29, 1.82) is 0 Å². The smallest absolute Gasteiger partial charge is 0.309 e. The van der Waals surface area contributed by atoms with Crippen LogP contribution in [0, 0.1) is 17.0 Å². The van der Waals surface area contributed by atoms with Crippen LogP contribution in [0.4, 0.5) is 8.78 Å². The average molecular weight is 242 g/mol. The van der Waals surface area contributed by atoms with Crippen LogP contribution in [0.15, 0.2) is 18.2 Å². The molecule has 0 aromatic heterocycles. The second-order valence-corrected chi connectivity index (χ2v) is 4.54. The highest BCUT2D eigenvalue weighted by atomic mass is 19.2. The van der Waals surface area contributed by atoms with E-state index in [2.05, 4.69) is 0 Å². The fourth-order valence-corrected chi connectivity index (χ4v) is 1.92. The molecule has 0 bridgehead atoms. The Kier molecular flexibility index (Phi) is 4.21. The zero-order chi connectivity index (χ0) is 13.1. The van der Waals surface area contributed by atoms with E-state index in [-0.39, 0.29) is 6.42 Å². The van der Waals surface area contributed by atoms with Gasteiger partial charge in [-0.05, 0) is 37.5 Å². The van der Waals surface area contributed by atoms with E-state index in [1.807, 2.05) is 6.92 Å². The first-order valence-electron chi connectivity index (χ1n) is 5.56. The minimum atomic E-state index is -0.938. The monoisotopic (exact) mass is 242 g/mol. The number of benzene rings is 1. The summed E-state index contributed by atoms with van der Waals surface area (Å²) >= 11 is 0. The molecule has 0 aliphatic rings. The summed E-state index contributed by atoms with van der Waals surface area (Å²) in [4.78, 5) is 11.2. The van der Waals surface area contributed by atoms with Crippen LogP contribution >= 0.6 is 0 Å². The van der Waals surface area contributed by atoms with Crippen LogP contribution in [0.5, 0.6) is 0 Å². The maximum Gasteiger partial charge on any atom is 0.309 e. The molecule has 4 heteroatoms. The zero-order valence-electron chi connectivity index (χ0n) is 9.96. The first-order chi connectivity index (χ1) is 7.89. The van der Waals surface area contributed by atoms with E-state index < -0.39 is 23.0 Å². The first kappa shape index (κ1) is 13.6. The fourth-order valence-electron chi connectivity index (χ4n) is 1.92. The van der Waals surface area contributed by atoms with Crippen molar-refractivity contribution in [3.63, 3.8) is 0 Å². The second-order valence-electron chi connectivity index (χ2n) is 4.54. The lowest BCUT2D eigenvalue weighted by molar-refractivity contribution is -0.148. The molecule has 1 N–H and O–H groups in total. The predicted molar refractivity (Wildman–Crippen MR) is 60.7 cm³/mol. The molecule has 1 atom stereocenters. The molecule has 0 fully saturated rings. The highest BCUT2D eigenvalue weighted by Gasteiger charge is 2.32. The number of carboxylic acids is 1. The van der Waals surface area contributed by atoms with Gasteiger partial charge in [0.25, 0.3) is 0 Å². The lowest BCUT2D eigenvalue weighted by Crippen LogP contribution is -2.29. The summed E-state index contributed by atoms with van der Waals surface area (Å²) in [7, 11) is 0. The van der Waals surface area contributed by atoms with Gasteiger partial charge in [0, 0.05) is 0 Å². The molecule has 1 aromatic rings. The van der Waals surface area contributed by atoms with Gasteiger partial charge in [0.2, 0.25) is 0 Å². The van der Waals surface area contributed by atoms with Crippen LogP contribution in [0.2, 0.25) is 0 Å². The highest BCUT2D eigenvalue weighted by molar-refractivity contribution is 5.74. The first-order valence-corrected chi connectivity index (χ1v) is 5.56. The van der Waals surface area contributed by atoms with Gasteiger partial charge in [-0.2, -0.15) is 0 Å². The molecule has 17 heavy (non-hydrogen) atoms. The summed E-state index contributed by atoms with van der Waals surface area (Å²) in [5.74, 6) is -2.77. The summed E-state index contributed by atoms with van der Waals surface area (Å²) in [5, 5.41) is 9.18. The molecule has 1 aromatic carbocycles. The van der Waals surface area contributed by atoms with Crippen molar-refractivity contribution in [3.8, 4) is 0 Å². The number of rotatable bonds is 5. The molecular weight excluding hydrogens is 226 g/mol. The van der Waals surface area contributed by atoms with Gasteiger partial charge in [-0.1, -0.05) is 19.4 Å². The molecule has 94 valence electrons. The Morgan fingerprint density at radius 1 is 1.35 bits per heavy atom. The van der Waals surface area contributed by atoms with Gasteiger partial charge >= 0.3 is 5.97 Å². The third kappa shape index (κ3) is 3.25. The van der Waals surface area contributed by atoms with E-state index in [1.54, 1.807) is 6.92 Å². The van der Waals surface area contributed by atoms with Crippen molar-refractivity contribution in [2.75, 3.05) is 0 Å². The maximum absolute atomic E-state index is 13.0. The van der Waals surface area contributed by atoms with Gasteiger partial charge in [0.15, 0.2) is 11.6 Å². The summed E-state index contributed by atoms with van der Waals surface area (Å²) in [5.41, 5.74) is -0.429. The van der Waals surface area contributed by atoms with Crippen molar-refractivity contribution in [2.45, 2.75) is 33.1 Å². The van der Waals surface area contributed by atoms with Crippen LogP contribution < -0.4 is 0 Å². The molecule has 0 heterocycles. The summed E-state index contributed by atoms with van der Waals surface area (Å²) < 4.78 is 25.8. The zero-order valence-corrected chi connectivity index (χ0v) is 9.96. The number of carboxylic acid groups (broad SMARTS) is 1. The van der Waals surface area contributed by atoms with Gasteiger partial charge in [0.05, 0.1) is 5.41 Å². The Morgan fingerprint density at radius 3 is 2.47 bits per heavy atom. The topological polar surface area (TPSA) is 37.3 Å². The molecule has 0 spiro atoms. The van der Waals surface area contributed by atoms with Gasteiger partial charge < -0.3 is 5.11 Å². The molecular formula is C13H16F2O2. The van der Waals surface area contributed by atoms with Crippen molar-refractivity contribution in [3.05, 3.63) is 35.4 Å². The lowest BCUT2D eigenvalue weighted by atomic mass is 9.80. The fraction of sp³-hybridized carbons (Fsp3) is 0.462. The third-order valence-corrected chi connectivity index (χ3v) is 2.90. The van der Waals surface area contributed by atoms with E-state index in [0.29, 0.717) is 12.0 Å². The Labute approximate surface area is 99.3 Å². The van der Waals surface area contributed by atoms with Crippen molar-refractivity contribution in [1.82, 2.24) is 0 Å². The third-order valence-electron chi connectivity index (χ3n) is 2.90. The second kappa shape index (κ2) is 5.25. The standard InChI is InChI=1S/C13H16F2O2/c1-3-6-13(2,12(16)17)8-9-4-5-10(14)11(15)7-9/h4-5,7H,3,6,8H2,1-2H3,(H,16,17). The van der Waals surface area contributed by atoms with E-state index in [9.17, 15) is 18.7 Å². The minimum absolute atomic E-state index is 0.202. The maximum atomic E-state index is 13.0. The number of aliphatic carboxylic acids is 1. The van der Waals surface area contributed by atoms with Crippen LogP contribution in [0.25, 0.3) is 0 Å². The largest absolute Gasteiger partial charge is 0.481 e. The van der Waals surface area contributed by atoms with E-state index in [4.69, 9.17) is 0 Å². The van der Waals surface area contributed by atoms with E-state index in [0.717, 1.165) is 18.6 Å². The number of halogens is 2. The molecule has 1 unspecified atom stereocenters. The average Bonchev–Trinajstić information content (AvgIpc) is 2.23.